The minimum atomic E-state index is 0.588. The summed E-state index contributed by atoms with van der Waals surface area (Å²) in [6, 6.07) is 8.24. The third kappa shape index (κ3) is 2.39. The Morgan fingerprint density at radius 3 is 2.73 bits per heavy atom. The molecule has 0 amide bonds. The number of hydrogen-bond acceptors (Lipinski definition) is 0. The SMILES string of the molecule is C=CCc1cccc(CCl)c1. The van der Waals surface area contributed by atoms with Crippen molar-refractivity contribution in [3.63, 3.8) is 0 Å². The van der Waals surface area contributed by atoms with E-state index in [2.05, 4.69) is 18.7 Å². The Morgan fingerprint density at radius 2 is 2.09 bits per heavy atom. The summed E-state index contributed by atoms with van der Waals surface area (Å²) in [4.78, 5) is 0. The molecule has 0 fully saturated rings. The second-order valence-electron chi connectivity index (χ2n) is 2.45. The van der Waals surface area contributed by atoms with Crippen molar-refractivity contribution in [3.8, 4) is 0 Å². The van der Waals surface area contributed by atoms with E-state index in [9.17, 15) is 0 Å². The Hall–Kier alpha value is -0.750. The van der Waals surface area contributed by atoms with Crippen LogP contribution in [0.25, 0.3) is 0 Å². The molecule has 0 saturated carbocycles. The summed E-state index contributed by atoms with van der Waals surface area (Å²) in [5, 5.41) is 0. The fourth-order valence-electron chi connectivity index (χ4n) is 1.01. The molecule has 0 saturated heterocycles. The van der Waals surface area contributed by atoms with Crippen molar-refractivity contribution in [1.29, 1.82) is 0 Å². The zero-order chi connectivity index (χ0) is 8.10. The summed E-state index contributed by atoms with van der Waals surface area (Å²) in [5.41, 5.74) is 2.45. The van der Waals surface area contributed by atoms with Crippen LogP contribution in [0.15, 0.2) is 36.9 Å². The Bertz CT molecular complexity index is 240. The molecule has 0 atom stereocenters. The van der Waals surface area contributed by atoms with Gasteiger partial charge in [-0.05, 0) is 17.5 Å². The van der Waals surface area contributed by atoms with Gasteiger partial charge >= 0.3 is 0 Å². The number of rotatable bonds is 3. The van der Waals surface area contributed by atoms with Crippen LogP contribution >= 0.6 is 11.6 Å². The molecule has 0 unspecified atom stereocenters. The molecule has 0 heterocycles. The molecule has 0 radical (unpaired) electrons. The average Bonchev–Trinajstić information content (AvgIpc) is 2.06. The summed E-state index contributed by atoms with van der Waals surface area (Å²) in [6.45, 7) is 3.68. The van der Waals surface area contributed by atoms with E-state index in [0.29, 0.717) is 5.88 Å². The number of alkyl halides is 1. The van der Waals surface area contributed by atoms with E-state index in [1.54, 1.807) is 0 Å². The first-order chi connectivity index (χ1) is 5.36. The lowest BCUT2D eigenvalue weighted by molar-refractivity contribution is 1.24. The molecular weight excluding hydrogens is 156 g/mol. The van der Waals surface area contributed by atoms with Crippen LogP contribution in [0.2, 0.25) is 0 Å². The van der Waals surface area contributed by atoms with Gasteiger partial charge in [0.2, 0.25) is 0 Å². The Kier molecular flexibility index (Phi) is 3.18. The van der Waals surface area contributed by atoms with Crippen molar-refractivity contribution in [3.05, 3.63) is 48.0 Å². The maximum absolute atomic E-state index is 5.67. The molecule has 1 rings (SSSR count). The fourth-order valence-corrected chi connectivity index (χ4v) is 1.17. The zero-order valence-corrected chi connectivity index (χ0v) is 7.14. The van der Waals surface area contributed by atoms with Gasteiger partial charge in [0, 0.05) is 5.88 Å². The largest absolute Gasteiger partial charge is 0.122 e. The van der Waals surface area contributed by atoms with Crippen LogP contribution < -0.4 is 0 Å². The second kappa shape index (κ2) is 4.20. The summed E-state index contributed by atoms with van der Waals surface area (Å²) >= 11 is 5.67. The number of halogens is 1. The van der Waals surface area contributed by atoms with E-state index in [1.165, 1.54) is 11.1 Å². The van der Waals surface area contributed by atoms with Crippen LogP contribution in [0.1, 0.15) is 11.1 Å². The monoisotopic (exact) mass is 166 g/mol. The lowest BCUT2D eigenvalue weighted by Crippen LogP contribution is -1.83. The third-order valence-electron chi connectivity index (χ3n) is 1.53. The Labute approximate surface area is 72.5 Å². The smallest absolute Gasteiger partial charge is 0.0474 e. The zero-order valence-electron chi connectivity index (χ0n) is 6.39. The van der Waals surface area contributed by atoms with Gasteiger partial charge in [0.1, 0.15) is 0 Å². The molecule has 58 valence electrons. The molecular formula is C10H11Cl. The van der Waals surface area contributed by atoms with E-state index in [4.69, 9.17) is 11.6 Å². The van der Waals surface area contributed by atoms with Crippen LogP contribution in [0, 0.1) is 0 Å². The number of benzene rings is 1. The van der Waals surface area contributed by atoms with E-state index in [-0.39, 0.29) is 0 Å². The Morgan fingerprint density at radius 1 is 1.36 bits per heavy atom. The van der Waals surface area contributed by atoms with Gasteiger partial charge in [-0.15, -0.1) is 18.2 Å². The molecule has 1 aromatic carbocycles. The van der Waals surface area contributed by atoms with E-state index >= 15 is 0 Å². The van der Waals surface area contributed by atoms with Crippen molar-refractivity contribution in [2.24, 2.45) is 0 Å². The lowest BCUT2D eigenvalue weighted by Gasteiger charge is -1.98. The van der Waals surface area contributed by atoms with Crippen LogP contribution in [0.4, 0.5) is 0 Å². The standard InChI is InChI=1S/C10H11Cl/c1-2-4-9-5-3-6-10(7-9)8-11/h2-3,5-7H,1,4,8H2. The second-order valence-corrected chi connectivity index (χ2v) is 2.71. The van der Waals surface area contributed by atoms with Crippen LogP contribution in [-0.2, 0) is 12.3 Å². The van der Waals surface area contributed by atoms with Gasteiger partial charge in [0.15, 0.2) is 0 Å². The molecule has 0 aromatic heterocycles. The van der Waals surface area contributed by atoms with Crippen LogP contribution in [-0.4, -0.2) is 0 Å². The van der Waals surface area contributed by atoms with Gasteiger partial charge in [-0.25, -0.2) is 0 Å². The highest BCUT2D eigenvalue weighted by Crippen LogP contribution is 2.08. The predicted molar refractivity (Wildman–Crippen MR) is 49.9 cm³/mol. The first-order valence-corrected chi connectivity index (χ1v) is 4.15. The van der Waals surface area contributed by atoms with Crippen LogP contribution in [0.3, 0.4) is 0 Å². The molecule has 0 N–H and O–H groups in total. The van der Waals surface area contributed by atoms with E-state index < -0.39 is 0 Å². The van der Waals surface area contributed by atoms with Crippen molar-refractivity contribution >= 4 is 11.6 Å². The molecule has 0 aliphatic carbocycles. The van der Waals surface area contributed by atoms with Crippen molar-refractivity contribution in [2.45, 2.75) is 12.3 Å². The van der Waals surface area contributed by atoms with Gasteiger partial charge < -0.3 is 0 Å². The van der Waals surface area contributed by atoms with Crippen molar-refractivity contribution in [2.75, 3.05) is 0 Å². The molecule has 0 aliphatic heterocycles. The fraction of sp³-hybridized carbons (Fsp3) is 0.200. The van der Waals surface area contributed by atoms with Gasteiger partial charge in [-0.3, -0.25) is 0 Å². The molecule has 0 aliphatic rings. The highest BCUT2D eigenvalue weighted by Gasteiger charge is 1.91. The van der Waals surface area contributed by atoms with Crippen molar-refractivity contribution < 1.29 is 0 Å². The molecule has 0 nitrogen and oxygen atoms in total. The molecule has 1 aromatic rings. The third-order valence-corrected chi connectivity index (χ3v) is 1.83. The highest BCUT2D eigenvalue weighted by molar-refractivity contribution is 6.17. The highest BCUT2D eigenvalue weighted by atomic mass is 35.5. The normalized spacial score (nSPS) is 9.55. The van der Waals surface area contributed by atoms with E-state index in [1.807, 2.05) is 18.2 Å². The maximum Gasteiger partial charge on any atom is 0.0474 e. The van der Waals surface area contributed by atoms with Gasteiger partial charge in [-0.1, -0.05) is 30.3 Å². The minimum Gasteiger partial charge on any atom is -0.122 e. The van der Waals surface area contributed by atoms with Gasteiger partial charge in [0.25, 0.3) is 0 Å². The average molecular weight is 167 g/mol. The maximum atomic E-state index is 5.67. The molecule has 11 heavy (non-hydrogen) atoms. The van der Waals surface area contributed by atoms with Crippen LogP contribution in [0.5, 0.6) is 0 Å². The summed E-state index contributed by atoms with van der Waals surface area (Å²) in [5.74, 6) is 0.588. The van der Waals surface area contributed by atoms with Crippen molar-refractivity contribution in [1.82, 2.24) is 0 Å². The molecule has 0 bridgehead atoms. The Balaban J connectivity index is 2.82. The topological polar surface area (TPSA) is 0 Å². The lowest BCUT2D eigenvalue weighted by atomic mass is 10.1. The predicted octanol–water partition coefficient (Wildman–Crippen LogP) is 3.15. The quantitative estimate of drug-likeness (QED) is 0.478. The number of hydrogen-bond donors (Lipinski definition) is 0. The summed E-state index contributed by atoms with van der Waals surface area (Å²) in [7, 11) is 0. The molecule has 0 spiro atoms. The first-order valence-electron chi connectivity index (χ1n) is 3.61. The molecule has 1 heteroatoms. The van der Waals surface area contributed by atoms with E-state index in [0.717, 1.165) is 6.42 Å². The first kappa shape index (κ1) is 8.35. The van der Waals surface area contributed by atoms with Gasteiger partial charge in [0.05, 0.1) is 0 Å². The summed E-state index contributed by atoms with van der Waals surface area (Å²) < 4.78 is 0. The minimum absolute atomic E-state index is 0.588. The summed E-state index contributed by atoms with van der Waals surface area (Å²) in [6.07, 6.45) is 2.82. The number of allylic oxidation sites excluding steroid dienone is 1. The van der Waals surface area contributed by atoms with Gasteiger partial charge in [-0.2, -0.15) is 0 Å².